The molecule has 8 nitrogen and oxygen atoms in total. The number of nitrogens with two attached hydrogens (primary N) is 1. The Balaban J connectivity index is 2.79. The van der Waals surface area contributed by atoms with Crippen molar-refractivity contribution in [2.45, 2.75) is 6.54 Å². The zero-order chi connectivity index (χ0) is 11.0. The molecule has 0 aliphatic heterocycles. The molecule has 2 rings (SSSR count). The second-order valence-electron chi connectivity index (χ2n) is 3.02. The van der Waals surface area contributed by atoms with Gasteiger partial charge in [0.1, 0.15) is 5.82 Å². The molecule has 0 unspecified atom stereocenters. The van der Waals surface area contributed by atoms with Crippen molar-refractivity contribution in [2.24, 2.45) is 12.8 Å². The highest BCUT2D eigenvalue weighted by Crippen LogP contribution is 2.07. The standard InChI is InChI=1S/C7H10N6O2/c1-12-5(4(2-8)3-9-12)13-6(14)10-11-7(13)15/h3H,2,8H2,1H3,(H,10,14)(H,11,15). The number of nitrogens with zero attached hydrogens (tertiary/aromatic N) is 3. The molecule has 0 aromatic carbocycles. The molecule has 0 atom stereocenters. The van der Waals surface area contributed by atoms with Crippen molar-refractivity contribution >= 4 is 0 Å². The van der Waals surface area contributed by atoms with Crippen LogP contribution in [0.5, 0.6) is 0 Å². The summed E-state index contributed by atoms with van der Waals surface area (Å²) in [5.74, 6) is 0.380. The van der Waals surface area contributed by atoms with Crippen LogP contribution in [0.2, 0.25) is 0 Å². The molecule has 0 spiro atoms. The first kappa shape index (κ1) is 9.46. The summed E-state index contributed by atoms with van der Waals surface area (Å²) in [6, 6.07) is 0. The lowest BCUT2D eigenvalue weighted by atomic mass is 10.3. The van der Waals surface area contributed by atoms with Crippen molar-refractivity contribution in [3.8, 4) is 5.82 Å². The Labute approximate surface area is 83.3 Å². The minimum Gasteiger partial charge on any atom is -0.326 e. The van der Waals surface area contributed by atoms with Gasteiger partial charge in [0, 0.05) is 19.2 Å². The van der Waals surface area contributed by atoms with Gasteiger partial charge in [0.15, 0.2) is 0 Å². The Hall–Kier alpha value is -2.09. The number of hydrogen-bond acceptors (Lipinski definition) is 4. The Morgan fingerprint density at radius 3 is 2.53 bits per heavy atom. The first-order chi connectivity index (χ1) is 7.15. The van der Waals surface area contributed by atoms with Crippen LogP contribution >= 0.6 is 0 Å². The van der Waals surface area contributed by atoms with Crippen molar-refractivity contribution in [1.82, 2.24) is 24.5 Å². The molecule has 8 heteroatoms. The van der Waals surface area contributed by atoms with Gasteiger partial charge in [0.05, 0.1) is 6.20 Å². The van der Waals surface area contributed by atoms with Crippen molar-refractivity contribution < 1.29 is 0 Å². The van der Waals surface area contributed by atoms with E-state index in [1.54, 1.807) is 7.05 Å². The van der Waals surface area contributed by atoms with E-state index in [1.807, 2.05) is 0 Å². The van der Waals surface area contributed by atoms with Crippen LogP contribution in [0.1, 0.15) is 5.56 Å². The van der Waals surface area contributed by atoms with E-state index in [0.29, 0.717) is 11.4 Å². The van der Waals surface area contributed by atoms with Gasteiger partial charge in [-0.05, 0) is 0 Å². The van der Waals surface area contributed by atoms with Crippen molar-refractivity contribution in [3.63, 3.8) is 0 Å². The Morgan fingerprint density at radius 2 is 2.00 bits per heavy atom. The molecule has 0 bridgehead atoms. The third-order valence-corrected chi connectivity index (χ3v) is 2.09. The van der Waals surface area contributed by atoms with Gasteiger partial charge in [-0.25, -0.2) is 19.8 Å². The summed E-state index contributed by atoms with van der Waals surface area (Å²) in [5.41, 5.74) is 5.02. The van der Waals surface area contributed by atoms with E-state index >= 15 is 0 Å². The Bertz CT molecular complexity index is 558. The molecule has 0 radical (unpaired) electrons. The van der Waals surface area contributed by atoms with Gasteiger partial charge >= 0.3 is 11.4 Å². The maximum absolute atomic E-state index is 11.4. The summed E-state index contributed by atoms with van der Waals surface area (Å²) in [6.07, 6.45) is 1.52. The molecule has 2 heterocycles. The van der Waals surface area contributed by atoms with Gasteiger partial charge < -0.3 is 5.73 Å². The summed E-state index contributed by atoms with van der Waals surface area (Å²) in [5, 5.41) is 8.32. The quantitative estimate of drug-likeness (QED) is 0.534. The molecular weight excluding hydrogens is 200 g/mol. The largest absolute Gasteiger partial charge is 0.350 e. The summed E-state index contributed by atoms with van der Waals surface area (Å²) < 4.78 is 2.38. The molecule has 15 heavy (non-hydrogen) atoms. The highest BCUT2D eigenvalue weighted by Gasteiger charge is 2.14. The number of H-pyrrole nitrogens is 2. The SMILES string of the molecule is Cn1ncc(CN)c1-n1c(=O)[nH][nH]c1=O. The number of rotatable bonds is 2. The Kier molecular flexibility index (Phi) is 2.05. The van der Waals surface area contributed by atoms with E-state index in [2.05, 4.69) is 15.3 Å². The molecule has 0 aliphatic rings. The van der Waals surface area contributed by atoms with E-state index in [4.69, 9.17) is 5.73 Å². The molecule has 4 N–H and O–H groups in total. The molecule has 2 aromatic rings. The smallest absolute Gasteiger partial charge is 0.326 e. The van der Waals surface area contributed by atoms with Gasteiger partial charge in [-0.15, -0.1) is 0 Å². The normalized spacial score (nSPS) is 10.8. The van der Waals surface area contributed by atoms with Crippen LogP contribution in [0.3, 0.4) is 0 Å². The van der Waals surface area contributed by atoms with Crippen LogP contribution in [0.4, 0.5) is 0 Å². The Morgan fingerprint density at radius 1 is 1.40 bits per heavy atom. The zero-order valence-corrected chi connectivity index (χ0v) is 8.02. The molecule has 0 aliphatic carbocycles. The third kappa shape index (κ3) is 1.31. The van der Waals surface area contributed by atoms with E-state index in [1.165, 1.54) is 10.9 Å². The third-order valence-electron chi connectivity index (χ3n) is 2.09. The van der Waals surface area contributed by atoms with E-state index in [9.17, 15) is 9.59 Å². The van der Waals surface area contributed by atoms with Gasteiger partial charge in [-0.3, -0.25) is 4.68 Å². The maximum Gasteiger partial charge on any atom is 0.350 e. The van der Waals surface area contributed by atoms with E-state index in [-0.39, 0.29) is 6.54 Å². The topological polar surface area (TPSA) is 114 Å². The van der Waals surface area contributed by atoms with Gasteiger partial charge in [-0.1, -0.05) is 0 Å². The molecule has 2 aromatic heterocycles. The maximum atomic E-state index is 11.4. The summed E-state index contributed by atoms with van der Waals surface area (Å²) >= 11 is 0. The van der Waals surface area contributed by atoms with Crippen LogP contribution in [0, 0.1) is 0 Å². The van der Waals surface area contributed by atoms with Crippen molar-refractivity contribution in [1.29, 1.82) is 0 Å². The first-order valence-corrected chi connectivity index (χ1v) is 4.26. The van der Waals surface area contributed by atoms with Crippen molar-refractivity contribution in [3.05, 3.63) is 32.7 Å². The number of hydrogen-bond donors (Lipinski definition) is 3. The van der Waals surface area contributed by atoms with Gasteiger partial charge in [-0.2, -0.15) is 9.67 Å². The fourth-order valence-electron chi connectivity index (χ4n) is 1.41. The highest BCUT2D eigenvalue weighted by atomic mass is 16.2. The fraction of sp³-hybridized carbons (Fsp3) is 0.286. The molecule has 0 fully saturated rings. The minimum absolute atomic E-state index is 0.209. The monoisotopic (exact) mass is 210 g/mol. The van der Waals surface area contributed by atoms with Gasteiger partial charge in [0.2, 0.25) is 0 Å². The van der Waals surface area contributed by atoms with Crippen LogP contribution in [0.25, 0.3) is 5.82 Å². The molecule has 80 valence electrons. The number of nitrogens with one attached hydrogen (secondary N) is 2. The predicted octanol–water partition coefficient (Wildman–Crippen LogP) is -1.95. The van der Waals surface area contributed by atoms with Crippen LogP contribution in [0.15, 0.2) is 15.8 Å². The molecule has 0 saturated heterocycles. The highest BCUT2D eigenvalue weighted by molar-refractivity contribution is 5.32. The zero-order valence-electron chi connectivity index (χ0n) is 8.02. The fourth-order valence-corrected chi connectivity index (χ4v) is 1.41. The van der Waals surface area contributed by atoms with Crippen LogP contribution in [-0.4, -0.2) is 24.5 Å². The molecular formula is C7H10N6O2. The lowest BCUT2D eigenvalue weighted by molar-refractivity contribution is 0.711. The number of aromatic nitrogens is 5. The van der Waals surface area contributed by atoms with Gasteiger partial charge in [0.25, 0.3) is 0 Å². The first-order valence-electron chi connectivity index (χ1n) is 4.26. The average molecular weight is 210 g/mol. The van der Waals surface area contributed by atoms with Crippen molar-refractivity contribution in [2.75, 3.05) is 0 Å². The van der Waals surface area contributed by atoms with Crippen LogP contribution in [-0.2, 0) is 13.6 Å². The second kappa shape index (κ2) is 3.24. The summed E-state index contributed by atoms with van der Waals surface area (Å²) in [6.45, 7) is 0.209. The van der Waals surface area contributed by atoms with E-state index in [0.717, 1.165) is 4.57 Å². The lowest BCUT2D eigenvalue weighted by Gasteiger charge is -2.01. The predicted molar refractivity (Wildman–Crippen MR) is 51.7 cm³/mol. The minimum atomic E-state index is -0.543. The van der Waals surface area contributed by atoms with E-state index < -0.39 is 11.4 Å². The summed E-state index contributed by atoms with van der Waals surface area (Å²) in [7, 11) is 1.63. The van der Waals surface area contributed by atoms with Crippen LogP contribution < -0.4 is 17.1 Å². The summed E-state index contributed by atoms with van der Waals surface area (Å²) in [4.78, 5) is 22.7. The average Bonchev–Trinajstić information content (AvgIpc) is 2.71. The molecule has 0 saturated carbocycles. The number of aromatic amines is 2. The lowest BCUT2D eigenvalue weighted by Crippen LogP contribution is -2.28. The number of aryl methyl sites for hydroxylation is 1. The molecule has 0 amide bonds. The second-order valence-corrected chi connectivity index (χ2v) is 3.02.